The van der Waals surface area contributed by atoms with Gasteiger partial charge in [-0.25, -0.2) is 8.42 Å². The predicted octanol–water partition coefficient (Wildman–Crippen LogP) is 4.47. The zero-order valence-electron chi connectivity index (χ0n) is 21.5. The van der Waals surface area contributed by atoms with Gasteiger partial charge in [-0.15, -0.1) is 11.8 Å². The molecule has 0 saturated heterocycles. The van der Waals surface area contributed by atoms with E-state index in [2.05, 4.69) is 5.32 Å². The highest BCUT2D eigenvalue weighted by Gasteiger charge is 2.32. The minimum atomic E-state index is -4.07. The molecule has 0 radical (unpaired) electrons. The van der Waals surface area contributed by atoms with E-state index in [4.69, 9.17) is 0 Å². The Bertz CT molecular complexity index is 1300. The molecule has 9 heteroatoms. The number of nitrogens with zero attached hydrogens (tertiary/aromatic N) is 2. The van der Waals surface area contributed by atoms with Crippen molar-refractivity contribution in [3.63, 3.8) is 0 Å². The number of carbonyl (C=O) groups excluding carboxylic acids is 2. The lowest BCUT2D eigenvalue weighted by Crippen LogP contribution is -2.51. The van der Waals surface area contributed by atoms with Crippen molar-refractivity contribution in [2.45, 2.75) is 43.1 Å². The Labute approximate surface area is 223 Å². The Morgan fingerprint density at radius 3 is 2.14 bits per heavy atom. The molecule has 0 saturated carbocycles. The molecule has 0 aliphatic heterocycles. The van der Waals surface area contributed by atoms with Gasteiger partial charge in [0.25, 0.3) is 10.0 Å². The summed E-state index contributed by atoms with van der Waals surface area (Å²) >= 11 is 1.51. The van der Waals surface area contributed by atoms with E-state index in [0.29, 0.717) is 12.2 Å². The first-order chi connectivity index (χ1) is 17.7. The number of anilines is 1. The van der Waals surface area contributed by atoms with E-state index >= 15 is 0 Å². The summed E-state index contributed by atoms with van der Waals surface area (Å²) in [5.74, 6) is -0.781. The van der Waals surface area contributed by atoms with E-state index in [1.54, 1.807) is 55.5 Å². The molecule has 0 fully saturated rings. The van der Waals surface area contributed by atoms with Gasteiger partial charge in [0.1, 0.15) is 12.6 Å². The first kappa shape index (κ1) is 28.3. The Morgan fingerprint density at radius 2 is 1.57 bits per heavy atom. The summed E-state index contributed by atoms with van der Waals surface area (Å²) in [7, 11) is -4.07. The summed E-state index contributed by atoms with van der Waals surface area (Å²) in [5, 5.41) is 2.76. The molecular formula is C28H33N3O4S2. The number of rotatable bonds is 11. The van der Waals surface area contributed by atoms with Gasteiger partial charge in [0.05, 0.1) is 10.6 Å². The molecule has 0 aliphatic rings. The Hall–Kier alpha value is -3.30. The molecule has 0 heterocycles. The van der Waals surface area contributed by atoms with E-state index in [1.807, 2.05) is 50.4 Å². The van der Waals surface area contributed by atoms with Gasteiger partial charge in [0.2, 0.25) is 11.8 Å². The molecule has 1 atom stereocenters. The van der Waals surface area contributed by atoms with Crippen molar-refractivity contribution in [2.75, 3.05) is 23.7 Å². The number of sulfonamides is 1. The zero-order valence-corrected chi connectivity index (χ0v) is 23.2. The van der Waals surface area contributed by atoms with Crippen LogP contribution in [-0.4, -0.2) is 50.5 Å². The van der Waals surface area contributed by atoms with E-state index in [-0.39, 0.29) is 17.3 Å². The van der Waals surface area contributed by atoms with Crippen LogP contribution >= 0.6 is 11.8 Å². The maximum Gasteiger partial charge on any atom is 0.264 e. The highest BCUT2D eigenvalue weighted by atomic mass is 32.2. The second kappa shape index (κ2) is 12.8. The van der Waals surface area contributed by atoms with E-state index in [0.717, 1.165) is 20.3 Å². The van der Waals surface area contributed by atoms with Crippen molar-refractivity contribution in [2.24, 2.45) is 0 Å². The molecule has 0 unspecified atom stereocenters. The third kappa shape index (κ3) is 7.14. The van der Waals surface area contributed by atoms with Gasteiger partial charge in [-0.05, 0) is 69.0 Å². The molecule has 0 spiro atoms. The molecular weight excluding hydrogens is 506 g/mol. The summed E-state index contributed by atoms with van der Waals surface area (Å²) in [6.07, 6.45) is 1.91. The fourth-order valence-corrected chi connectivity index (χ4v) is 5.62. The second-order valence-electron chi connectivity index (χ2n) is 8.60. The van der Waals surface area contributed by atoms with E-state index in [1.165, 1.54) is 16.7 Å². The molecule has 196 valence electrons. The smallest absolute Gasteiger partial charge is 0.264 e. The molecule has 3 rings (SSSR count). The summed E-state index contributed by atoms with van der Waals surface area (Å²) in [4.78, 5) is 28.9. The first-order valence-corrected chi connectivity index (χ1v) is 14.7. The monoisotopic (exact) mass is 539 g/mol. The summed E-state index contributed by atoms with van der Waals surface area (Å²) in [5.41, 5.74) is 2.18. The normalized spacial score (nSPS) is 12.0. The van der Waals surface area contributed by atoms with Crippen molar-refractivity contribution < 1.29 is 18.0 Å². The maximum absolute atomic E-state index is 13.8. The van der Waals surface area contributed by atoms with E-state index < -0.39 is 28.5 Å². The summed E-state index contributed by atoms with van der Waals surface area (Å²) in [6, 6.07) is 22.1. The molecule has 1 N–H and O–H groups in total. The first-order valence-electron chi connectivity index (χ1n) is 12.0. The lowest BCUT2D eigenvalue weighted by atomic mass is 10.1. The number of hydrogen-bond acceptors (Lipinski definition) is 5. The number of aryl methyl sites for hydroxylation is 1. The van der Waals surface area contributed by atoms with Crippen LogP contribution in [-0.2, 0) is 26.2 Å². The number of carbonyl (C=O) groups is 2. The lowest BCUT2D eigenvalue weighted by molar-refractivity contribution is -0.139. The van der Waals surface area contributed by atoms with Crippen molar-refractivity contribution in [3.8, 4) is 0 Å². The van der Waals surface area contributed by atoms with Gasteiger partial charge in [-0.3, -0.25) is 13.9 Å². The van der Waals surface area contributed by atoms with Crippen molar-refractivity contribution in [1.82, 2.24) is 10.2 Å². The average molecular weight is 540 g/mol. The molecule has 0 bridgehead atoms. The van der Waals surface area contributed by atoms with Gasteiger partial charge < -0.3 is 10.2 Å². The minimum Gasteiger partial charge on any atom is -0.355 e. The molecule has 37 heavy (non-hydrogen) atoms. The van der Waals surface area contributed by atoms with Gasteiger partial charge in [-0.1, -0.05) is 48.0 Å². The average Bonchev–Trinajstić information content (AvgIpc) is 2.91. The third-order valence-corrected chi connectivity index (χ3v) is 8.49. The number of thioether (sulfide) groups is 1. The maximum atomic E-state index is 13.8. The van der Waals surface area contributed by atoms with Crippen LogP contribution in [0, 0.1) is 6.92 Å². The Balaban J connectivity index is 2.01. The number of benzene rings is 3. The molecule has 0 aliphatic carbocycles. The van der Waals surface area contributed by atoms with Crippen LogP contribution in [0.15, 0.2) is 88.7 Å². The second-order valence-corrected chi connectivity index (χ2v) is 11.3. The van der Waals surface area contributed by atoms with E-state index in [9.17, 15) is 18.0 Å². The van der Waals surface area contributed by atoms with Gasteiger partial charge >= 0.3 is 0 Å². The van der Waals surface area contributed by atoms with Crippen LogP contribution < -0.4 is 9.62 Å². The molecule has 7 nitrogen and oxygen atoms in total. The molecule has 0 aromatic heterocycles. The fraction of sp³-hybridized carbons (Fsp3) is 0.286. The van der Waals surface area contributed by atoms with Gasteiger partial charge in [-0.2, -0.15) is 0 Å². The van der Waals surface area contributed by atoms with Crippen LogP contribution in [0.25, 0.3) is 0 Å². The predicted molar refractivity (Wildman–Crippen MR) is 149 cm³/mol. The largest absolute Gasteiger partial charge is 0.355 e. The highest BCUT2D eigenvalue weighted by molar-refractivity contribution is 7.98. The Morgan fingerprint density at radius 1 is 0.946 bits per heavy atom. The third-order valence-electron chi connectivity index (χ3n) is 5.96. The lowest BCUT2D eigenvalue weighted by Gasteiger charge is -2.32. The topological polar surface area (TPSA) is 86.8 Å². The SMILES string of the molecule is CCNC(=O)[C@H](C)N(Cc1ccccc1)C(=O)CN(c1ccc(C)cc1)S(=O)(=O)c1ccc(SC)cc1. The quantitative estimate of drug-likeness (QED) is 0.364. The zero-order chi connectivity index (χ0) is 27.0. The summed E-state index contributed by atoms with van der Waals surface area (Å²) in [6.45, 7) is 5.51. The van der Waals surface area contributed by atoms with Crippen LogP contribution in [0.2, 0.25) is 0 Å². The van der Waals surface area contributed by atoms with Crippen molar-refractivity contribution in [3.05, 3.63) is 90.0 Å². The Kier molecular flexibility index (Phi) is 9.77. The van der Waals surface area contributed by atoms with Crippen LogP contribution in [0.5, 0.6) is 0 Å². The van der Waals surface area contributed by atoms with Crippen LogP contribution in [0.4, 0.5) is 5.69 Å². The number of likely N-dealkylation sites (N-methyl/N-ethyl adjacent to an activating group) is 1. The van der Waals surface area contributed by atoms with Crippen LogP contribution in [0.1, 0.15) is 25.0 Å². The molecule has 2 amide bonds. The molecule has 3 aromatic rings. The van der Waals surface area contributed by atoms with Gasteiger partial charge in [0.15, 0.2) is 0 Å². The number of amides is 2. The summed E-state index contributed by atoms with van der Waals surface area (Å²) < 4.78 is 28.7. The highest BCUT2D eigenvalue weighted by Crippen LogP contribution is 2.26. The number of nitrogens with one attached hydrogen (secondary N) is 1. The molecule has 3 aromatic carbocycles. The van der Waals surface area contributed by atoms with Gasteiger partial charge in [0, 0.05) is 18.0 Å². The minimum absolute atomic E-state index is 0.0880. The van der Waals surface area contributed by atoms with Crippen LogP contribution in [0.3, 0.4) is 0 Å². The standard InChI is InChI=1S/C28H33N3O4S2/c1-5-29-28(33)22(3)30(19-23-9-7-6-8-10-23)27(32)20-31(24-13-11-21(2)12-14-24)37(34,35)26-17-15-25(36-4)16-18-26/h6-18,22H,5,19-20H2,1-4H3,(H,29,33)/t22-/m0/s1. The van der Waals surface area contributed by atoms with Crippen molar-refractivity contribution in [1.29, 1.82) is 0 Å². The fourth-order valence-electron chi connectivity index (χ4n) is 3.80. The van der Waals surface area contributed by atoms with Crippen molar-refractivity contribution >= 4 is 39.3 Å². The number of hydrogen-bond donors (Lipinski definition) is 1.